The van der Waals surface area contributed by atoms with Gasteiger partial charge >= 0.3 is 5.97 Å². The Morgan fingerprint density at radius 3 is 2.63 bits per heavy atom. The number of esters is 1. The molecule has 150 valence electrons. The molecular weight excluding hydrogens is 387 g/mol. The Morgan fingerprint density at radius 1 is 1.13 bits per heavy atom. The van der Waals surface area contributed by atoms with Crippen molar-refractivity contribution in [3.8, 4) is 11.4 Å². The van der Waals surface area contributed by atoms with Crippen LogP contribution < -0.4 is 10.2 Å². The number of nitrogens with zero attached hydrogens (tertiary/aromatic N) is 2. The van der Waals surface area contributed by atoms with Gasteiger partial charge in [0.05, 0.1) is 18.0 Å². The highest BCUT2D eigenvalue weighted by molar-refractivity contribution is 5.94. The first-order chi connectivity index (χ1) is 14.6. The van der Waals surface area contributed by atoms with E-state index in [2.05, 4.69) is 4.98 Å². The van der Waals surface area contributed by atoms with Gasteiger partial charge in [-0.25, -0.2) is 9.18 Å². The molecule has 7 heteroatoms. The zero-order valence-corrected chi connectivity index (χ0v) is 16.0. The Hall–Kier alpha value is -4.00. The van der Waals surface area contributed by atoms with Crippen molar-refractivity contribution in [3.05, 3.63) is 100 Å². The van der Waals surface area contributed by atoms with E-state index < -0.39 is 11.4 Å². The standard InChI is InChI=1S/C23H17FN2O4/c1-29-23(28)20-13-26(17-6-4-16(24)5-7-17)21-9-8-18(11-19(21)22(20)27)30-14-15-3-2-10-25-12-15/h2-13H,14H2,1H3. The molecule has 0 saturated carbocycles. The molecule has 2 aromatic carbocycles. The van der Waals surface area contributed by atoms with Crippen LogP contribution in [0.15, 0.2) is 78.0 Å². The van der Waals surface area contributed by atoms with Crippen molar-refractivity contribution in [3.63, 3.8) is 0 Å². The number of halogens is 1. The van der Waals surface area contributed by atoms with Gasteiger partial charge in [-0.2, -0.15) is 0 Å². The molecule has 0 aliphatic rings. The summed E-state index contributed by atoms with van der Waals surface area (Å²) in [6, 6.07) is 14.5. The van der Waals surface area contributed by atoms with Crippen LogP contribution >= 0.6 is 0 Å². The van der Waals surface area contributed by atoms with Crippen molar-refractivity contribution in [2.24, 2.45) is 0 Å². The van der Waals surface area contributed by atoms with E-state index in [1.54, 1.807) is 47.3 Å². The summed E-state index contributed by atoms with van der Waals surface area (Å²) in [4.78, 5) is 29.2. The largest absolute Gasteiger partial charge is 0.489 e. The van der Waals surface area contributed by atoms with Gasteiger partial charge in [-0.3, -0.25) is 9.78 Å². The van der Waals surface area contributed by atoms with Crippen molar-refractivity contribution < 1.29 is 18.7 Å². The van der Waals surface area contributed by atoms with Crippen LogP contribution in [0.25, 0.3) is 16.6 Å². The van der Waals surface area contributed by atoms with E-state index in [-0.39, 0.29) is 23.4 Å². The third-order valence-electron chi connectivity index (χ3n) is 4.61. The number of carbonyl (C=O) groups is 1. The fourth-order valence-corrected chi connectivity index (χ4v) is 3.12. The van der Waals surface area contributed by atoms with E-state index in [4.69, 9.17) is 9.47 Å². The number of pyridine rings is 2. The summed E-state index contributed by atoms with van der Waals surface area (Å²) >= 11 is 0. The molecule has 0 fully saturated rings. The molecular formula is C23H17FN2O4. The first kappa shape index (κ1) is 19.3. The molecule has 2 heterocycles. The fraction of sp³-hybridized carbons (Fsp3) is 0.0870. The highest BCUT2D eigenvalue weighted by atomic mass is 19.1. The van der Waals surface area contributed by atoms with Crippen molar-refractivity contribution in [1.29, 1.82) is 0 Å². The lowest BCUT2D eigenvalue weighted by Gasteiger charge is -2.14. The monoisotopic (exact) mass is 404 g/mol. The van der Waals surface area contributed by atoms with Gasteiger partial charge in [0, 0.05) is 29.8 Å². The van der Waals surface area contributed by atoms with Crippen molar-refractivity contribution >= 4 is 16.9 Å². The van der Waals surface area contributed by atoms with Crippen LogP contribution in [0.4, 0.5) is 4.39 Å². The van der Waals surface area contributed by atoms with E-state index in [0.717, 1.165) is 5.56 Å². The summed E-state index contributed by atoms with van der Waals surface area (Å²) in [6.45, 7) is 0.280. The molecule has 30 heavy (non-hydrogen) atoms. The molecule has 0 spiro atoms. The minimum absolute atomic E-state index is 0.126. The second-order valence-corrected chi connectivity index (χ2v) is 6.54. The zero-order chi connectivity index (χ0) is 21.1. The minimum Gasteiger partial charge on any atom is -0.489 e. The molecule has 0 unspecified atom stereocenters. The van der Waals surface area contributed by atoms with Gasteiger partial charge in [-0.15, -0.1) is 0 Å². The SMILES string of the molecule is COC(=O)c1cn(-c2ccc(F)cc2)c2ccc(OCc3cccnc3)cc2c1=O. The summed E-state index contributed by atoms with van der Waals surface area (Å²) in [5.41, 5.74) is 1.42. The smallest absolute Gasteiger partial charge is 0.343 e. The van der Waals surface area contributed by atoms with Gasteiger partial charge in [0.25, 0.3) is 0 Å². The van der Waals surface area contributed by atoms with E-state index in [1.807, 2.05) is 12.1 Å². The topological polar surface area (TPSA) is 70.4 Å². The van der Waals surface area contributed by atoms with Gasteiger partial charge in [0.15, 0.2) is 0 Å². The van der Waals surface area contributed by atoms with Gasteiger partial charge in [0.2, 0.25) is 5.43 Å². The minimum atomic E-state index is -0.751. The van der Waals surface area contributed by atoms with Gasteiger partial charge in [-0.1, -0.05) is 6.07 Å². The van der Waals surface area contributed by atoms with E-state index in [0.29, 0.717) is 17.0 Å². The first-order valence-corrected chi connectivity index (χ1v) is 9.12. The molecule has 2 aromatic heterocycles. The number of aromatic nitrogens is 2. The lowest BCUT2D eigenvalue weighted by molar-refractivity contribution is 0.0599. The third-order valence-corrected chi connectivity index (χ3v) is 4.61. The molecule has 0 saturated heterocycles. The van der Waals surface area contributed by atoms with Crippen molar-refractivity contribution in [2.75, 3.05) is 7.11 Å². The van der Waals surface area contributed by atoms with Crippen LogP contribution in [0.2, 0.25) is 0 Å². The predicted molar refractivity (Wildman–Crippen MR) is 109 cm³/mol. The Bertz CT molecular complexity index is 1270. The number of ether oxygens (including phenoxy) is 2. The lowest BCUT2D eigenvalue weighted by atomic mass is 10.1. The molecule has 6 nitrogen and oxygen atoms in total. The maximum atomic E-state index is 13.4. The maximum absolute atomic E-state index is 13.4. The predicted octanol–water partition coefficient (Wildman–Crippen LogP) is 3.89. The molecule has 0 bridgehead atoms. The van der Waals surface area contributed by atoms with Gasteiger partial charge in [0.1, 0.15) is 23.7 Å². The summed E-state index contributed by atoms with van der Waals surface area (Å²) in [6.07, 6.45) is 4.77. The second kappa shape index (κ2) is 8.16. The molecule has 4 aromatic rings. The zero-order valence-electron chi connectivity index (χ0n) is 16.0. The number of rotatable bonds is 5. The van der Waals surface area contributed by atoms with Gasteiger partial charge in [-0.05, 0) is 48.5 Å². The number of hydrogen-bond donors (Lipinski definition) is 0. The number of fused-ring (bicyclic) bond motifs is 1. The Morgan fingerprint density at radius 2 is 1.93 bits per heavy atom. The Labute approximate surface area is 171 Å². The molecule has 0 amide bonds. The fourth-order valence-electron chi connectivity index (χ4n) is 3.12. The van der Waals surface area contributed by atoms with Crippen LogP contribution in [0.5, 0.6) is 5.75 Å². The summed E-state index contributed by atoms with van der Waals surface area (Å²) in [5, 5.41) is 0.283. The number of benzene rings is 2. The third kappa shape index (κ3) is 3.77. The summed E-state index contributed by atoms with van der Waals surface area (Å²) in [7, 11) is 1.21. The van der Waals surface area contributed by atoms with Crippen LogP contribution in [-0.2, 0) is 11.3 Å². The summed E-state index contributed by atoms with van der Waals surface area (Å²) < 4.78 is 25.6. The molecule has 0 aliphatic heterocycles. The lowest BCUT2D eigenvalue weighted by Crippen LogP contribution is -2.19. The van der Waals surface area contributed by atoms with Crippen molar-refractivity contribution in [2.45, 2.75) is 6.61 Å². The number of methoxy groups -OCH3 is 1. The van der Waals surface area contributed by atoms with E-state index in [1.165, 1.54) is 25.4 Å². The Balaban J connectivity index is 1.83. The molecule has 0 aliphatic carbocycles. The molecule has 0 radical (unpaired) electrons. The summed E-state index contributed by atoms with van der Waals surface area (Å²) in [5.74, 6) is -0.668. The van der Waals surface area contributed by atoms with Crippen LogP contribution in [-0.4, -0.2) is 22.6 Å². The molecule has 0 N–H and O–H groups in total. The van der Waals surface area contributed by atoms with E-state index >= 15 is 0 Å². The normalized spacial score (nSPS) is 10.7. The number of carbonyl (C=O) groups excluding carboxylic acids is 1. The van der Waals surface area contributed by atoms with Gasteiger partial charge < -0.3 is 14.0 Å². The van der Waals surface area contributed by atoms with Crippen molar-refractivity contribution in [1.82, 2.24) is 9.55 Å². The average Bonchev–Trinajstić information content (AvgIpc) is 2.79. The maximum Gasteiger partial charge on any atom is 0.343 e. The van der Waals surface area contributed by atoms with E-state index in [9.17, 15) is 14.0 Å². The van der Waals surface area contributed by atoms with Crippen LogP contribution in [0.1, 0.15) is 15.9 Å². The average molecular weight is 404 g/mol. The Kier molecular flexibility index (Phi) is 5.26. The second-order valence-electron chi connectivity index (χ2n) is 6.54. The van der Waals surface area contributed by atoms with Crippen LogP contribution in [0.3, 0.4) is 0 Å². The quantitative estimate of drug-likeness (QED) is 0.472. The molecule has 4 rings (SSSR count). The highest BCUT2D eigenvalue weighted by Crippen LogP contribution is 2.23. The molecule has 0 atom stereocenters. The highest BCUT2D eigenvalue weighted by Gasteiger charge is 2.17. The number of hydrogen-bond acceptors (Lipinski definition) is 5. The first-order valence-electron chi connectivity index (χ1n) is 9.12. The van der Waals surface area contributed by atoms with Crippen LogP contribution in [0, 0.1) is 5.82 Å².